The smallest absolute Gasteiger partial charge is 0.331 e. The fraction of sp³-hybridized carbons (Fsp3) is 0.217. The number of methoxy groups -OCH3 is 2. The van der Waals surface area contributed by atoms with Crippen LogP contribution in [-0.2, 0) is 20.9 Å². The molecule has 0 aliphatic carbocycles. The Morgan fingerprint density at radius 3 is 2.55 bits per heavy atom. The van der Waals surface area contributed by atoms with E-state index in [0.717, 1.165) is 29.0 Å². The maximum atomic E-state index is 11.9. The lowest BCUT2D eigenvalue weighted by atomic mass is 10.1. The Labute approximate surface area is 195 Å². The zero-order chi connectivity index (χ0) is 23.6. The van der Waals surface area contributed by atoms with Crippen molar-refractivity contribution in [2.45, 2.75) is 13.5 Å². The van der Waals surface area contributed by atoms with E-state index in [1.807, 2.05) is 49.4 Å². The fourth-order valence-electron chi connectivity index (χ4n) is 2.78. The van der Waals surface area contributed by atoms with Gasteiger partial charge in [0.15, 0.2) is 16.7 Å². The van der Waals surface area contributed by atoms with Gasteiger partial charge >= 0.3 is 5.97 Å². The van der Waals surface area contributed by atoms with Crippen LogP contribution in [0.15, 0.2) is 63.6 Å². The Morgan fingerprint density at radius 2 is 1.85 bits per heavy atom. The van der Waals surface area contributed by atoms with Gasteiger partial charge in [-0.25, -0.2) is 4.79 Å². The maximum Gasteiger partial charge on any atom is 0.331 e. The minimum absolute atomic E-state index is 0.187. The Bertz CT molecular complexity index is 1110. The van der Waals surface area contributed by atoms with E-state index in [-0.39, 0.29) is 16.7 Å². The van der Waals surface area contributed by atoms with Gasteiger partial charge in [-0.15, -0.1) is 5.10 Å². The molecule has 9 nitrogen and oxygen atoms in total. The molecule has 0 saturated carbocycles. The van der Waals surface area contributed by atoms with Gasteiger partial charge in [0.25, 0.3) is 5.91 Å². The van der Waals surface area contributed by atoms with Crippen LogP contribution in [0.1, 0.15) is 18.1 Å². The number of thioether (sulfide) groups is 1. The van der Waals surface area contributed by atoms with Crippen LogP contribution in [0.5, 0.6) is 17.2 Å². The Morgan fingerprint density at radius 1 is 1.09 bits per heavy atom. The zero-order valence-corrected chi connectivity index (χ0v) is 19.2. The number of para-hydroxylation sites is 2. The minimum atomic E-state index is -0.616. The summed E-state index contributed by atoms with van der Waals surface area (Å²) >= 11 is 1.00. The third kappa shape index (κ3) is 6.59. The van der Waals surface area contributed by atoms with E-state index in [4.69, 9.17) is 14.2 Å². The highest BCUT2D eigenvalue weighted by Crippen LogP contribution is 2.29. The van der Waals surface area contributed by atoms with Crippen molar-refractivity contribution < 1.29 is 28.5 Å². The van der Waals surface area contributed by atoms with Crippen molar-refractivity contribution in [2.75, 3.05) is 20.8 Å². The highest BCUT2D eigenvalue weighted by atomic mass is 32.2. The monoisotopic (exact) mass is 469 g/mol. The first-order valence-electron chi connectivity index (χ1n) is 9.95. The molecule has 1 amide bonds. The van der Waals surface area contributed by atoms with E-state index < -0.39 is 11.9 Å². The summed E-state index contributed by atoms with van der Waals surface area (Å²) in [6, 6.07) is 13.0. The number of benzene rings is 2. The largest absolute Gasteiger partial charge is 0.496 e. The molecule has 0 spiro atoms. The van der Waals surface area contributed by atoms with E-state index in [9.17, 15) is 9.59 Å². The van der Waals surface area contributed by atoms with Gasteiger partial charge in [-0.05, 0) is 54.6 Å². The predicted octanol–water partition coefficient (Wildman–Crippen LogP) is 3.28. The fourth-order valence-corrected chi connectivity index (χ4v) is 3.52. The summed E-state index contributed by atoms with van der Waals surface area (Å²) in [6.45, 7) is 2.71. The molecule has 0 atom stereocenters. The topological polar surface area (TPSA) is 108 Å². The number of hydrogen-bond donors (Lipinski definition) is 1. The molecule has 1 aliphatic rings. The minimum Gasteiger partial charge on any atom is -0.496 e. The highest BCUT2D eigenvalue weighted by molar-refractivity contribution is 8.18. The number of hydrogen-bond acceptors (Lipinski definition) is 9. The average Bonchev–Trinajstić information content (AvgIpc) is 3.17. The third-order valence-electron chi connectivity index (χ3n) is 4.29. The van der Waals surface area contributed by atoms with E-state index in [0.29, 0.717) is 23.9 Å². The van der Waals surface area contributed by atoms with Gasteiger partial charge in [0.2, 0.25) is 0 Å². The quantitative estimate of drug-likeness (QED) is 0.260. The molecular weight excluding hydrogens is 446 g/mol. The Balaban J connectivity index is 1.70. The van der Waals surface area contributed by atoms with Gasteiger partial charge in [-0.1, -0.05) is 12.1 Å². The van der Waals surface area contributed by atoms with Crippen LogP contribution in [0, 0.1) is 0 Å². The summed E-state index contributed by atoms with van der Waals surface area (Å²) in [5.74, 6) is 0.925. The Kier molecular flexibility index (Phi) is 8.48. The lowest BCUT2D eigenvalue weighted by Crippen LogP contribution is -2.19. The number of carbonyl (C=O) groups is 2. The molecule has 0 bridgehead atoms. The summed E-state index contributed by atoms with van der Waals surface area (Å²) in [5, 5.41) is 10.8. The van der Waals surface area contributed by atoms with Gasteiger partial charge in [-0.2, -0.15) is 5.10 Å². The SMILES string of the molecule is CCOc1ccccc1OCc1cc(C=N/N=C2/NC(=O)/C(=C\C(=O)OC)S2)ccc1OC. The number of nitrogens with one attached hydrogen (secondary N) is 1. The van der Waals surface area contributed by atoms with Crippen LogP contribution in [0.3, 0.4) is 0 Å². The molecule has 0 unspecified atom stereocenters. The molecule has 3 rings (SSSR count). The van der Waals surface area contributed by atoms with Crippen molar-refractivity contribution in [2.24, 2.45) is 10.2 Å². The average molecular weight is 470 g/mol. The number of ether oxygens (including phenoxy) is 4. The molecule has 2 aromatic carbocycles. The first-order valence-corrected chi connectivity index (χ1v) is 10.8. The molecule has 2 aromatic rings. The summed E-state index contributed by atoms with van der Waals surface area (Å²) < 4.78 is 21.5. The van der Waals surface area contributed by atoms with Crippen molar-refractivity contribution in [3.8, 4) is 17.2 Å². The van der Waals surface area contributed by atoms with Crippen molar-refractivity contribution in [3.63, 3.8) is 0 Å². The molecule has 0 aromatic heterocycles. The number of carbonyl (C=O) groups excluding carboxylic acids is 2. The number of amides is 1. The lowest BCUT2D eigenvalue weighted by molar-refractivity contribution is -0.135. The highest BCUT2D eigenvalue weighted by Gasteiger charge is 2.25. The molecule has 1 fully saturated rings. The second kappa shape index (κ2) is 11.7. The third-order valence-corrected chi connectivity index (χ3v) is 5.19. The van der Waals surface area contributed by atoms with Crippen LogP contribution in [0.2, 0.25) is 0 Å². The van der Waals surface area contributed by atoms with Gasteiger partial charge in [0, 0.05) is 11.6 Å². The summed E-state index contributed by atoms with van der Waals surface area (Å²) in [5.41, 5.74) is 1.57. The summed E-state index contributed by atoms with van der Waals surface area (Å²) in [6.07, 6.45) is 2.64. The standard InChI is InChI=1S/C23H23N3O6S/c1-4-31-18-7-5-6-8-19(18)32-14-16-11-15(9-10-17(16)29-2)13-24-26-23-25-22(28)20(33-23)12-21(27)30-3/h5-13H,4,14H2,1-3H3,(H,25,26,28)/b20-12+,24-13?. The molecule has 33 heavy (non-hydrogen) atoms. The lowest BCUT2D eigenvalue weighted by Gasteiger charge is -2.13. The van der Waals surface area contributed by atoms with Crippen molar-refractivity contribution in [3.05, 3.63) is 64.6 Å². The summed E-state index contributed by atoms with van der Waals surface area (Å²) in [7, 11) is 2.83. The van der Waals surface area contributed by atoms with Crippen molar-refractivity contribution >= 4 is 35.0 Å². The normalized spacial score (nSPS) is 15.7. The zero-order valence-electron chi connectivity index (χ0n) is 18.4. The van der Waals surface area contributed by atoms with E-state index in [1.165, 1.54) is 7.11 Å². The first kappa shape index (κ1) is 23.9. The second-order valence-corrected chi connectivity index (χ2v) is 7.51. The second-order valence-electron chi connectivity index (χ2n) is 6.48. The van der Waals surface area contributed by atoms with Crippen molar-refractivity contribution in [1.82, 2.24) is 5.32 Å². The van der Waals surface area contributed by atoms with Crippen molar-refractivity contribution in [1.29, 1.82) is 0 Å². The first-order chi connectivity index (χ1) is 16.0. The number of nitrogens with zero attached hydrogens (tertiary/aromatic N) is 2. The van der Waals surface area contributed by atoms with Crippen LogP contribution in [0.25, 0.3) is 0 Å². The van der Waals surface area contributed by atoms with Gasteiger partial charge in [0.1, 0.15) is 12.4 Å². The number of amidine groups is 1. The molecule has 1 aliphatic heterocycles. The number of esters is 1. The predicted molar refractivity (Wildman–Crippen MR) is 126 cm³/mol. The maximum absolute atomic E-state index is 11.9. The summed E-state index contributed by atoms with van der Waals surface area (Å²) in [4.78, 5) is 23.4. The molecule has 1 N–H and O–H groups in total. The molecule has 0 radical (unpaired) electrons. The molecule has 10 heteroatoms. The van der Waals surface area contributed by atoms with E-state index in [2.05, 4.69) is 20.3 Å². The van der Waals surface area contributed by atoms with Crippen LogP contribution >= 0.6 is 11.8 Å². The molecule has 172 valence electrons. The molecular formula is C23H23N3O6S. The van der Waals surface area contributed by atoms with E-state index >= 15 is 0 Å². The molecule has 1 heterocycles. The molecule has 1 saturated heterocycles. The number of rotatable bonds is 9. The van der Waals surface area contributed by atoms with Crippen LogP contribution < -0.4 is 19.5 Å². The van der Waals surface area contributed by atoms with Crippen LogP contribution in [-0.4, -0.2) is 44.1 Å². The van der Waals surface area contributed by atoms with Gasteiger partial charge in [-0.3, -0.25) is 10.1 Å². The van der Waals surface area contributed by atoms with E-state index in [1.54, 1.807) is 13.3 Å². The van der Waals surface area contributed by atoms with Gasteiger partial charge < -0.3 is 18.9 Å². The Hall–Kier alpha value is -3.79. The van der Waals surface area contributed by atoms with Gasteiger partial charge in [0.05, 0.1) is 31.9 Å². The van der Waals surface area contributed by atoms with Crippen LogP contribution in [0.4, 0.5) is 0 Å².